The Morgan fingerprint density at radius 3 is 2.77 bits per heavy atom. The van der Waals surface area contributed by atoms with Crippen molar-refractivity contribution in [1.29, 1.82) is 0 Å². The Hall–Kier alpha value is -2.81. The third-order valence-corrected chi connectivity index (χ3v) is 3.29. The van der Waals surface area contributed by atoms with Gasteiger partial charge in [0.1, 0.15) is 11.9 Å². The quantitative estimate of drug-likeness (QED) is 0.706. The molecule has 8 nitrogen and oxygen atoms in total. The van der Waals surface area contributed by atoms with Gasteiger partial charge in [0.15, 0.2) is 16.6 Å². The molecule has 0 saturated heterocycles. The van der Waals surface area contributed by atoms with Crippen molar-refractivity contribution < 1.29 is 14.3 Å². The highest BCUT2D eigenvalue weighted by molar-refractivity contribution is 6.29. The molecule has 0 aliphatic rings. The third-order valence-electron chi connectivity index (χ3n) is 3.02. The zero-order valence-electron chi connectivity index (χ0n) is 11.0. The highest BCUT2D eigenvalue weighted by atomic mass is 35.5. The molecule has 10 heteroatoms. The van der Waals surface area contributed by atoms with Crippen LogP contribution in [0.4, 0.5) is 4.39 Å². The number of pyridine rings is 2. The van der Waals surface area contributed by atoms with Crippen LogP contribution < -0.4 is 5.43 Å². The predicted octanol–water partition coefficient (Wildman–Crippen LogP) is 1.00. The summed E-state index contributed by atoms with van der Waals surface area (Å²) in [4.78, 5) is 31.2. The Morgan fingerprint density at radius 1 is 1.45 bits per heavy atom. The standard InChI is InChI=1S/C12H7ClFN5O3/c1-18-12(15-4-16-18)19-3-6(11(21)22)8(20)5-2-7(14)9(13)17-10(5)19/h2-4H,1H3,(H,21,22). The van der Waals surface area contributed by atoms with Crippen molar-refractivity contribution in [3.05, 3.63) is 45.3 Å². The second kappa shape index (κ2) is 4.88. The number of hydrogen-bond donors (Lipinski definition) is 1. The largest absolute Gasteiger partial charge is 0.477 e. The maximum Gasteiger partial charge on any atom is 0.341 e. The van der Waals surface area contributed by atoms with Crippen LogP contribution in [0.2, 0.25) is 5.15 Å². The van der Waals surface area contributed by atoms with E-state index in [1.165, 1.54) is 15.6 Å². The second-order valence-electron chi connectivity index (χ2n) is 4.36. The van der Waals surface area contributed by atoms with Crippen LogP contribution in [-0.2, 0) is 7.05 Å². The Kier molecular flexibility index (Phi) is 3.14. The summed E-state index contributed by atoms with van der Waals surface area (Å²) in [6, 6.07) is 0.853. The summed E-state index contributed by atoms with van der Waals surface area (Å²) in [6.07, 6.45) is 2.29. The Morgan fingerprint density at radius 2 is 2.18 bits per heavy atom. The molecule has 0 unspecified atom stereocenters. The number of rotatable bonds is 2. The molecular weight excluding hydrogens is 317 g/mol. The van der Waals surface area contributed by atoms with E-state index in [1.54, 1.807) is 7.05 Å². The van der Waals surface area contributed by atoms with Crippen LogP contribution in [0.5, 0.6) is 0 Å². The van der Waals surface area contributed by atoms with E-state index in [0.29, 0.717) is 0 Å². The average molecular weight is 324 g/mol. The van der Waals surface area contributed by atoms with Crippen molar-refractivity contribution in [2.24, 2.45) is 7.05 Å². The number of carboxylic acids is 1. The first-order chi connectivity index (χ1) is 10.4. The van der Waals surface area contributed by atoms with Gasteiger partial charge in [-0.2, -0.15) is 10.1 Å². The van der Waals surface area contributed by atoms with Crippen molar-refractivity contribution in [2.45, 2.75) is 0 Å². The van der Waals surface area contributed by atoms with Gasteiger partial charge in [0.2, 0.25) is 11.4 Å². The molecule has 3 heterocycles. The van der Waals surface area contributed by atoms with Crippen LogP contribution in [0.25, 0.3) is 17.0 Å². The Labute approximate surface area is 126 Å². The first kappa shape index (κ1) is 14.1. The van der Waals surface area contributed by atoms with E-state index in [9.17, 15) is 14.0 Å². The molecule has 0 aliphatic heterocycles. The van der Waals surface area contributed by atoms with Crippen LogP contribution in [-0.4, -0.2) is 35.4 Å². The molecular formula is C12H7ClFN5O3. The summed E-state index contributed by atoms with van der Waals surface area (Å²) in [7, 11) is 1.57. The number of hydrogen-bond acceptors (Lipinski definition) is 5. The van der Waals surface area contributed by atoms with Crippen LogP contribution in [0.3, 0.4) is 0 Å². The summed E-state index contributed by atoms with van der Waals surface area (Å²) in [5.74, 6) is -2.17. The number of halogens is 2. The van der Waals surface area contributed by atoms with Gasteiger partial charge in [0, 0.05) is 13.2 Å². The van der Waals surface area contributed by atoms with Gasteiger partial charge in [0.05, 0.1) is 5.39 Å². The SMILES string of the molecule is Cn1ncnc1-n1cc(C(=O)O)c(=O)c2cc(F)c(Cl)nc21. The molecule has 3 aromatic heterocycles. The number of aromatic carboxylic acids is 1. The maximum atomic E-state index is 13.6. The predicted molar refractivity (Wildman–Crippen MR) is 73.8 cm³/mol. The first-order valence-corrected chi connectivity index (χ1v) is 6.27. The number of nitrogens with zero attached hydrogens (tertiary/aromatic N) is 5. The van der Waals surface area contributed by atoms with Gasteiger partial charge in [-0.1, -0.05) is 11.6 Å². The minimum absolute atomic E-state index is 0.0162. The van der Waals surface area contributed by atoms with Gasteiger partial charge >= 0.3 is 5.97 Å². The fraction of sp³-hybridized carbons (Fsp3) is 0.0833. The molecule has 0 saturated carbocycles. The second-order valence-corrected chi connectivity index (χ2v) is 4.72. The summed E-state index contributed by atoms with van der Waals surface area (Å²) < 4.78 is 16.2. The molecule has 1 N–H and O–H groups in total. The molecule has 0 aliphatic carbocycles. The molecule has 0 fully saturated rings. The topological polar surface area (TPSA) is 103 Å². The molecule has 112 valence electrons. The van der Waals surface area contributed by atoms with Gasteiger partial charge < -0.3 is 5.11 Å². The molecule has 3 rings (SSSR count). The summed E-state index contributed by atoms with van der Waals surface area (Å²) in [6.45, 7) is 0. The molecule has 0 radical (unpaired) electrons. The normalized spacial score (nSPS) is 11.0. The fourth-order valence-corrected chi connectivity index (χ4v) is 2.15. The van der Waals surface area contributed by atoms with Crippen molar-refractivity contribution in [2.75, 3.05) is 0 Å². The van der Waals surface area contributed by atoms with E-state index in [4.69, 9.17) is 16.7 Å². The van der Waals surface area contributed by atoms with Crippen molar-refractivity contribution in [1.82, 2.24) is 24.3 Å². The van der Waals surface area contributed by atoms with Gasteiger partial charge in [-0.05, 0) is 6.07 Å². The number of fused-ring (bicyclic) bond motifs is 1. The highest BCUT2D eigenvalue weighted by Gasteiger charge is 2.19. The van der Waals surface area contributed by atoms with Gasteiger partial charge in [0.25, 0.3) is 0 Å². The van der Waals surface area contributed by atoms with Crippen LogP contribution >= 0.6 is 11.6 Å². The fourth-order valence-electron chi connectivity index (χ4n) is 2.02. The average Bonchev–Trinajstić information content (AvgIpc) is 2.87. The first-order valence-electron chi connectivity index (χ1n) is 5.89. The summed E-state index contributed by atoms with van der Waals surface area (Å²) in [5.41, 5.74) is -1.42. The lowest BCUT2D eigenvalue weighted by Gasteiger charge is -2.10. The zero-order chi connectivity index (χ0) is 16.0. The van der Waals surface area contributed by atoms with Crippen LogP contribution in [0, 0.1) is 5.82 Å². The smallest absolute Gasteiger partial charge is 0.341 e. The van der Waals surface area contributed by atoms with Crippen molar-refractivity contribution >= 4 is 28.6 Å². The van der Waals surface area contributed by atoms with E-state index in [2.05, 4.69) is 15.1 Å². The van der Waals surface area contributed by atoms with E-state index < -0.39 is 27.9 Å². The number of aryl methyl sites for hydroxylation is 1. The number of carboxylic acid groups (broad SMARTS) is 1. The van der Waals surface area contributed by atoms with E-state index in [1.807, 2.05) is 0 Å². The van der Waals surface area contributed by atoms with Gasteiger partial charge in [-0.3, -0.25) is 9.36 Å². The van der Waals surface area contributed by atoms with E-state index >= 15 is 0 Å². The molecule has 3 aromatic rings. The van der Waals surface area contributed by atoms with Crippen LogP contribution in [0.1, 0.15) is 10.4 Å². The van der Waals surface area contributed by atoms with Gasteiger partial charge in [-0.25, -0.2) is 18.9 Å². The lowest BCUT2D eigenvalue weighted by Crippen LogP contribution is -2.20. The summed E-state index contributed by atoms with van der Waals surface area (Å²) in [5, 5.41) is 12.3. The Bertz CT molecular complexity index is 981. The van der Waals surface area contributed by atoms with Crippen LogP contribution in [0.15, 0.2) is 23.4 Å². The monoisotopic (exact) mass is 323 g/mol. The molecule has 0 spiro atoms. The van der Waals surface area contributed by atoms with E-state index in [-0.39, 0.29) is 17.0 Å². The molecule has 22 heavy (non-hydrogen) atoms. The molecule has 0 amide bonds. The summed E-state index contributed by atoms with van der Waals surface area (Å²) >= 11 is 5.65. The van der Waals surface area contributed by atoms with E-state index in [0.717, 1.165) is 12.3 Å². The molecule has 0 atom stereocenters. The highest BCUT2D eigenvalue weighted by Crippen LogP contribution is 2.19. The molecule has 0 bridgehead atoms. The third kappa shape index (κ3) is 2.02. The number of aromatic nitrogens is 5. The maximum absolute atomic E-state index is 13.6. The van der Waals surface area contributed by atoms with Gasteiger partial charge in [-0.15, -0.1) is 0 Å². The molecule has 0 aromatic carbocycles. The minimum Gasteiger partial charge on any atom is -0.477 e. The number of carbonyl (C=O) groups is 1. The lowest BCUT2D eigenvalue weighted by atomic mass is 10.2. The Balaban J connectivity index is 2.53. The van der Waals surface area contributed by atoms with Crippen molar-refractivity contribution in [3.8, 4) is 5.95 Å². The van der Waals surface area contributed by atoms with Crippen molar-refractivity contribution in [3.63, 3.8) is 0 Å². The lowest BCUT2D eigenvalue weighted by molar-refractivity contribution is 0.0695. The zero-order valence-corrected chi connectivity index (χ0v) is 11.7. The minimum atomic E-state index is -1.45.